The lowest BCUT2D eigenvalue weighted by molar-refractivity contribution is -0.140. The first-order valence-electron chi connectivity index (χ1n) is 6.90. The molecule has 3 rings (SSSR count). The molecule has 10 heteroatoms. The maximum absolute atomic E-state index is 13.2. The van der Waals surface area contributed by atoms with Crippen molar-refractivity contribution in [2.24, 2.45) is 0 Å². The van der Waals surface area contributed by atoms with Crippen molar-refractivity contribution < 1.29 is 13.2 Å². The van der Waals surface area contributed by atoms with Crippen molar-refractivity contribution in [3.8, 4) is 17.3 Å². The van der Waals surface area contributed by atoms with Crippen LogP contribution in [0.25, 0.3) is 16.9 Å². The lowest BCUT2D eigenvalue weighted by Crippen LogP contribution is -2.23. The molecule has 0 aliphatic carbocycles. The molecule has 0 bridgehead atoms. The number of nitrogens with zero attached hydrogens (tertiary/aromatic N) is 4. The molecule has 0 amide bonds. The quantitative estimate of drug-likeness (QED) is 0.750. The number of fused-ring (bicyclic) bond motifs is 1. The van der Waals surface area contributed by atoms with Crippen molar-refractivity contribution >= 4 is 5.65 Å². The molecule has 0 spiro atoms. The summed E-state index contributed by atoms with van der Waals surface area (Å²) in [5.41, 5.74) is -1.97. The minimum atomic E-state index is -4.68. The van der Waals surface area contributed by atoms with E-state index in [1.165, 1.54) is 6.20 Å². The predicted molar refractivity (Wildman–Crippen MR) is 77.2 cm³/mol. The molecule has 2 N–H and O–H groups in total. The maximum atomic E-state index is 13.2. The molecular weight excluding hydrogens is 325 g/mol. The van der Waals surface area contributed by atoms with Crippen LogP contribution in [0.1, 0.15) is 36.6 Å². The normalized spacial score (nSPS) is 12.0. The second-order valence-electron chi connectivity index (χ2n) is 5.45. The Hall–Kier alpha value is -3.09. The second-order valence-corrected chi connectivity index (χ2v) is 5.45. The summed E-state index contributed by atoms with van der Waals surface area (Å²) >= 11 is 0. The third kappa shape index (κ3) is 2.25. The van der Waals surface area contributed by atoms with Crippen LogP contribution in [0.15, 0.2) is 17.2 Å². The van der Waals surface area contributed by atoms with Crippen molar-refractivity contribution in [2.45, 2.75) is 25.9 Å². The Balaban J connectivity index is 2.44. The van der Waals surface area contributed by atoms with Gasteiger partial charge in [-0.15, -0.1) is 0 Å². The summed E-state index contributed by atoms with van der Waals surface area (Å²) in [6.45, 7) is 3.35. The van der Waals surface area contributed by atoms with Crippen molar-refractivity contribution in [3.05, 3.63) is 39.6 Å². The van der Waals surface area contributed by atoms with Crippen LogP contribution in [-0.2, 0) is 6.18 Å². The average molecular weight is 336 g/mol. The fourth-order valence-electron chi connectivity index (χ4n) is 2.52. The number of nitriles is 1. The van der Waals surface area contributed by atoms with Crippen LogP contribution in [-0.4, -0.2) is 24.8 Å². The van der Waals surface area contributed by atoms with E-state index in [0.29, 0.717) is 0 Å². The summed E-state index contributed by atoms with van der Waals surface area (Å²) in [4.78, 5) is 16.8. The minimum absolute atomic E-state index is 0.0313. The van der Waals surface area contributed by atoms with Gasteiger partial charge in [0.15, 0.2) is 5.65 Å². The molecule has 124 valence electrons. The second kappa shape index (κ2) is 5.23. The number of aromatic nitrogens is 5. The Morgan fingerprint density at radius 1 is 1.38 bits per heavy atom. The van der Waals surface area contributed by atoms with E-state index >= 15 is 0 Å². The van der Waals surface area contributed by atoms with Crippen molar-refractivity contribution in [1.82, 2.24) is 24.8 Å². The van der Waals surface area contributed by atoms with E-state index in [4.69, 9.17) is 5.26 Å². The zero-order chi connectivity index (χ0) is 17.6. The Kier molecular flexibility index (Phi) is 3.44. The Morgan fingerprint density at radius 3 is 2.67 bits per heavy atom. The SMILES string of the molecule is CC(C)c1c(-c2cn[nH]c2C(F)(F)F)nc2c(C#N)c[nH]n2c1=O. The number of rotatable bonds is 2. The molecule has 3 aromatic heterocycles. The Labute approximate surface area is 132 Å². The van der Waals surface area contributed by atoms with E-state index in [9.17, 15) is 18.0 Å². The van der Waals surface area contributed by atoms with Gasteiger partial charge in [-0.1, -0.05) is 13.8 Å². The molecule has 0 fully saturated rings. The summed E-state index contributed by atoms with van der Waals surface area (Å²) in [7, 11) is 0. The van der Waals surface area contributed by atoms with Crippen LogP contribution in [0.4, 0.5) is 13.2 Å². The molecule has 0 aliphatic rings. The first kappa shape index (κ1) is 15.8. The Morgan fingerprint density at radius 2 is 2.08 bits per heavy atom. The van der Waals surface area contributed by atoms with E-state index in [-0.39, 0.29) is 33.9 Å². The van der Waals surface area contributed by atoms with E-state index in [2.05, 4.69) is 15.2 Å². The van der Waals surface area contributed by atoms with E-state index in [0.717, 1.165) is 10.7 Å². The standard InChI is InChI=1S/C14H11F3N6O/c1-6(2)9-10(8-5-19-22-11(8)14(15,16)17)21-12-7(3-18)4-20-23(12)13(9)24/h4-6,20H,1-2H3,(H,19,22). The monoisotopic (exact) mass is 336 g/mol. The molecule has 0 aliphatic heterocycles. The van der Waals surface area contributed by atoms with Gasteiger partial charge in [0.25, 0.3) is 5.56 Å². The Bertz CT molecular complexity index is 1020. The summed E-state index contributed by atoms with van der Waals surface area (Å²) < 4.78 is 40.5. The molecule has 0 radical (unpaired) electrons. The smallest absolute Gasteiger partial charge is 0.295 e. The van der Waals surface area contributed by atoms with Crippen LogP contribution in [0.2, 0.25) is 0 Å². The van der Waals surface area contributed by atoms with E-state index in [1.54, 1.807) is 13.8 Å². The number of alkyl halides is 3. The van der Waals surface area contributed by atoms with Crippen LogP contribution >= 0.6 is 0 Å². The summed E-state index contributed by atoms with van der Waals surface area (Å²) in [5, 5.41) is 17.0. The molecule has 3 heterocycles. The first-order chi connectivity index (χ1) is 11.3. The number of hydrogen-bond acceptors (Lipinski definition) is 4. The van der Waals surface area contributed by atoms with Crippen LogP contribution in [0, 0.1) is 11.3 Å². The fourth-order valence-corrected chi connectivity index (χ4v) is 2.52. The molecular formula is C14H11F3N6O. The molecule has 0 atom stereocenters. The van der Waals surface area contributed by atoms with Gasteiger partial charge in [0.2, 0.25) is 0 Å². The van der Waals surface area contributed by atoms with Gasteiger partial charge in [-0.3, -0.25) is 15.0 Å². The van der Waals surface area contributed by atoms with E-state index < -0.39 is 17.4 Å². The minimum Gasteiger partial charge on any atom is -0.295 e. The molecule has 7 nitrogen and oxygen atoms in total. The molecule has 0 unspecified atom stereocenters. The summed E-state index contributed by atoms with van der Waals surface area (Å²) in [5.74, 6) is -0.387. The highest BCUT2D eigenvalue weighted by Gasteiger charge is 2.37. The van der Waals surface area contributed by atoms with Gasteiger partial charge in [-0.05, 0) is 5.92 Å². The van der Waals surface area contributed by atoms with Crippen molar-refractivity contribution in [2.75, 3.05) is 0 Å². The summed E-state index contributed by atoms with van der Waals surface area (Å²) in [6, 6.07) is 1.84. The number of nitrogens with one attached hydrogen (secondary N) is 2. The predicted octanol–water partition coefficient (Wildman–Crippen LogP) is 2.43. The molecule has 0 saturated heterocycles. The maximum Gasteiger partial charge on any atom is 0.433 e. The van der Waals surface area contributed by atoms with E-state index in [1.807, 2.05) is 11.2 Å². The first-order valence-corrected chi connectivity index (χ1v) is 6.90. The van der Waals surface area contributed by atoms with Crippen LogP contribution in [0.3, 0.4) is 0 Å². The van der Waals surface area contributed by atoms with Gasteiger partial charge in [0, 0.05) is 11.8 Å². The number of hydrogen-bond donors (Lipinski definition) is 2. The molecule has 3 aromatic rings. The zero-order valence-electron chi connectivity index (χ0n) is 12.6. The van der Waals surface area contributed by atoms with Gasteiger partial charge < -0.3 is 0 Å². The lowest BCUT2D eigenvalue weighted by Gasteiger charge is -2.13. The lowest BCUT2D eigenvalue weighted by atomic mass is 9.98. The van der Waals surface area contributed by atoms with Gasteiger partial charge >= 0.3 is 6.18 Å². The molecule has 24 heavy (non-hydrogen) atoms. The average Bonchev–Trinajstić information content (AvgIpc) is 3.12. The highest BCUT2D eigenvalue weighted by molar-refractivity contribution is 5.69. The fraction of sp³-hybridized carbons (Fsp3) is 0.286. The van der Waals surface area contributed by atoms with Crippen LogP contribution < -0.4 is 5.56 Å². The summed E-state index contributed by atoms with van der Waals surface area (Å²) in [6.07, 6.45) is -2.42. The van der Waals surface area contributed by atoms with Gasteiger partial charge in [-0.25, -0.2) is 9.50 Å². The van der Waals surface area contributed by atoms with Gasteiger partial charge in [0.1, 0.15) is 17.3 Å². The van der Waals surface area contributed by atoms with Gasteiger partial charge in [-0.2, -0.15) is 23.5 Å². The molecule has 0 aromatic carbocycles. The van der Waals surface area contributed by atoms with Crippen LogP contribution in [0.5, 0.6) is 0 Å². The number of H-pyrrole nitrogens is 2. The largest absolute Gasteiger partial charge is 0.433 e. The van der Waals surface area contributed by atoms with Crippen molar-refractivity contribution in [3.63, 3.8) is 0 Å². The zero-order valence-corrected chi connectivity index (χ0v) is 12.6. The number of halogens is 3. The number of aromatic amines is 2. The highest BCUT2D eigenvalue weighted by atomic mass is 19.4. The molecule has 0 saturated carbocycles. The van der Waals surface area contributed by atoms with Gasteiger partial charge in [0.05, 0.1) is 17.5 Å². The third-order valence-electron chi connectivity index (χ3n) is 3.57. The topological polar surface area (TPSA) is 103 Å². The highest BCUT2D eigenvalue weighted by Crippen LogP contribution is 2.36. The van der Waals surface area contributed by atoms with Crippen molar-refractivity contribution in [1.29, 1.82) is 5.26 Å². The third-order valence-corrected chi connectivity index (χ3v) is 3.57.